The third-order valence-electron chi connectivity index (χ3n) is 4.04. The van der Waals surface area contributed by atoms with Gasteiger partial charge in [-0.2, -0.15) is 0 Å². The van der Waals surface area contributed by atoms with Gasteiger partial charge in [-0.25, -0.2) is 0 Å². The molecule has 134 valence electrons. The average Bonchev–Trinajstić information content (AvgIpc) is 2.68. The van der Waals surface area contributed by atoms with Gasteiger partial charge in [-0.15, -0.1) is 0 Å². The van der Waals surface area contributed by atoms with E-state index in [0.29, 0.717) is 16.9 Å². The molecule has 0 saturated heterocycles. The van der Waals surface area contributed by atoms with E-state index in [1.165, 1.54) is 0 Å². The fraction of sp³-hybridized carbons (Fsp3) is 0.143. The van der Waals surface area contributed by atoms with Crippen LogP contribution in [-0.4, -0.2) is 6.61 Å². The van der Waals surface area contributed by atoms with E-state index in [1.807, 2.05) is 79.7 Å². The summed E-state index contributed by atoms with van der Waals surface area (Å²) in [6.07, 6.45) is 0. The maximum absolute atomic E-state index is 14.2. The molecule has 3 aromatic carbocycles. The van der Waals surface area contributed by atoms with Gasteiger partial charge in [-0.1, -0.05) is 72.3 Å². The Hall–Kier alpha value is -2.06. The first-order valence-electron chi connectivity index (χ1n) is 8.51. The van der Waals surface area contributed by atoms with Crippen molar-refractivity contribution in [2.45, 2.75) is 12.7 Å². The van der Waals surface area contributed by atoms with Crippen LogP contribution in [0.25, 0.3) is 0 Å². The van der Waals surface area contributed by atoms with Crippen LogP contribution in [0.5, 0.6) is 0 Å². The van der Waals surface area contributed by atoms with Crippen LogP contribution in [0.2, 0.25) is 5.02 Å². The normalized spacial score (nSPS) is 14.4. The molecule has 0 amide bonds. The van der Waals surface area contributed by atoms with Gasteiger partial charge in [-0.05, 0) is 36.8 Å². The standard InChI is InChI=1S/C21H21ClNO2P/c1-2-25-26(24,20-16-10-9-15-19(20)22)21(17-11-5-3-6-12-17)23-18-13-7-4-8-14-18/h3-16,21,23H,2H2,1H3/t21-,26-/m1/s1. The Bertz CT molecular complexity index is 887. The van der Waals surface area contributed by atoms with Crippen LogP contribution in [0.1, 0.15) is 18.3 Å². The highest BCUT2D eigenvalue weighted by Crippen LogP contribution is 2.59. The molecule has 0 spiro atoms. The SMILES string of the molecule is CCO[P@](=O)(c1ccccc1Cl)[C@@H](Nc1ccccc1)c1ccccc1. The molecule has 0 saturated carbocycles. The minimum absolute atomic E-state index is 0.322. The second-order valence-corrected chi connectivity index (χ2v) is 8.65. The van der Waals surface area contributed by atoms with Gasteiger partial charge in [0.25, 0.3) is 7.37 Å². The Morgan fingerprint density at radius 1 is 0.923 bits per heavy atom. The third-order valence-corrected chi connectivity index (χ3v) is 7.31. The lowest BCUT2D eigenvalue weighted by Gasteiger charge is -2.30. The summed E-state index contributed by atoms with van der Waals surface area (Å²) in [4.78, 5) is 0. The van der Waals surface area contributed by atoms with Crippen LogP contribution in [0, 0.1) is 0 Å². The molecule has 0 aliphatic heterocycles. The highest BCUT2D eigenvalue weighted by Gasteiger charge is 2.38. The van der Waals surface area contributed by atoms with Crippen molar-refractivity contribution in [3.05, 3.63) is 95.5 Å². The topological polar surface area (TPSA) is 38.3 Å². The van der Waals surface area contributed by atoms with Crippen molar-refractivity contribution in [3.8, 4) is 0 Å². The summed E-state index contributed by atoms with van der Waals surface area (Å²) in [5.41, 5.74) is 1.75. The van der Waals surface area contributed by atoms with E-state index in [9.17, 15) is 4.57 Å². The summed E-state index contributed by atoms with van der Waals surface area (Å²) in [6.45, 7) is 2.16. The van der Waals surface area contributed by atoms with Crippen molar-refractivity contribution in [1.29, 1.82) is 0 Å². The molecule has 0 bridgehead atoms. The molecule has 0 unspecified atom stereocenters. The minimum atomic E-state index is -3.35. The van der Waals surface area contributed by atoms with Crippen molar-refractivity contribution >= 4 is 30.0 Å². The molecule has 0 aromatic heterocycles. The van der Waals surface area contributed by atoms with Crippen molar-refractivity contribution in [2.24, 2.45) is 0 Å². The summed E-state index contributed by atoms with van der Waals surface area (Å²) in [7, 11) is -3.35. The van der Waals surface area contributed by atoms with Crippen LogP contribution in [0.4, 0.5) is 5.69 Å². The van der Waals surface area contributed by atoms with Crippen LogP contribution in [-0.2, 0) is 9.09 Å². The Morgan fingerprint density at radius 2 is 1.50 bits per heavy atom. The number of rotatable bonds is 7. The zero-order valence-electron chi connectivity index (χ0n) is 14.5. The van der Waals surface area contributed by atoms with Crippen molar-refractivity contribution in [2.75, 3.05) is 11.9 Å². The molecule has 0 heterocycles. The second kappa shape index (κ2) is 8.55. The highest BCUT2D eigenvalue weighted by atomic mass is 35.5. The lowest BCUT2D eigenvalue weighted by Crippen LogP contribution is -2.21. The quantitative estimate of drug-likeness (QED) is 0.500. The Kier molecular flexibility index (Phi) is 6.16. The Labute approximate surface area is 159 Å². The summed E-state index contributed by atoms with van der Waals surface area (Å²) in [6, 6.07) is 26.6. The first-order chi connectivity index (χ1) is 12.6. The molecule has 5 heteroatoms. The van der Waals surface area contributed by atoms with Crippen molar-refractivity contribution < 1.29 is 9.09 Å². The molecular formula is C21H21ClNO2P. The van der Waals surface area contributed by atoms with Gasteiger partial charge in [0, 0.05) is 5.69 Å². The summed E-state index contributed by atoms with van der Waals surface area (Å²) >= 11 is 6.40. The molecule has 1 N–H and O–H groups in total. The number of nitrogens with one attached hydrogen (secondary N) is 1. The fourth-order valence-corrected chi connectivity index (χ4v) is 5.86. The summed E-state index contributed by atoms with van der Waals surface area (Å²) < 4.78 is 20.1. The maximum atomic E-state index is 14.2. The van der Waals surface area contributed by atoms with Gasteiger partial charge in [-0.3, -0.25) is 4.57 Å². The predicted molar refractivity (Wildman–Crippen MR) is 110 cm³/mol. The van der Waals surface area contributed by atoms with E-state index in [0.717, 1.165) is 11.3 Å². The summed E-state index contributed by atoms with van der Waals surface area (Å²) in [5.74, 6) is -0.550. The smallest absolute Gasteiger partial charge is 0.259 e. The zero-order chi connectivity index (χ0) is 18.4. The van der Waals surface area contributed by atoms with Gasteiger partial charge in [0.2, 0.25) is 0 Å². The van der Waals surface area contributed by atoms with Crippen molar-refractivity contribution in [3.63, 3.8) is 0 Å². The first kappa shape index (κ1) is 18.7. The fourth-order valence-electron chi connectivity index (χ4n) is 2.87. The molecule has 0 radical (unpaired) electrons. The zero-order valence-corrected chi connectivity index (χ0v) is 16.2. The maximum Gasteiger partial charge on any atom is 0.259 e. The lowest BCUT2D eigenvalue weighted by atomic mass is 10.2. The number of hydrogen-bond acceptors (Lipinski definition) is 3. The molecular weight excluding hydrogens is 365 g/mol. The molecule has 26 heavy (non-hydrogen) atoms. The Balaban J connectivity index is 2.14. The van der Waals surface area contributed by atoms with E-state index in [4.69, 9.17) is 16.1 Å². The van der Waals surface area contributed by atoms with Crippen LogP contribution in [0.3, 0.4) is 0 Å². The molecule has 0 aliphatic carbocycles. The van der Waals surface area contributed by atoms with E-state index < -0.39 is 13.2 Å². The van der Waals surface area contributed by atoms with Gasteiger partial charge >= 0.3 is 0 Å². The number of hydrogen-bond donors (Lipinski definition) is 1. The second-order valence-electron chi connectivity index (χ2n) is 5.79. The van der Waals surface area contributed by atoms with Gasteiger partial charge in [0.1, 0.15) is 5.78 Å². The number of benzene rings is 3. The van der Waals surface area contributed by atoms with Gasteiger partial charge in [0.05, 0.1) is 16.9 Å². The predicted octanol–water partition coefficient (Wildman–Crippen LogP) is 6.09. The third kappa shape index (κ3) is 4.02. The lowest BCUT2D eigenvalue weighted by molar-refractivity contribution is 0.335. The van der Waals surface area contributed by atoms with Gasteiger partial charge < -0.3 is 9.84 Å². The van der Waals surface area contributed by atoms with Crippen molar-refractivity contribution in [1.82, 2.24) is 0 Å². The average molecular weight is 386 g/mol. The monoisotopic (exact) mass is 385 g/mol. The highest BCUT2D eigenvalue weighted by molar-refractivity contribution is 7.67. The Morgan fingerprint density at radius 3 is 2.12 bits per heavy atom. The van der Waals surface area contributed by atoms with E-state index >= 15 is 0 Å². The van der Waals surface area contributed by atoms with Crippen LogP contribution < -0.4 is 10.6 Å². The van der Waals surface area contributed by atoms with Crippen LogP contribution in [0.15, 0.2) is 84.9 Å². The molecule has 0 aliphatic rings. The van der Waals surface area contributed by atoms with Gasteiger partial charge in [0.15, 0.2) is 0 Å². The largest absolute Gasteiger partial charge is 0.370 e. The van der Waals surface area contributed by atoms with E-state index in [-0.39, 0.29) is 0 Å². The number of para-hydroxylation sites is 1. The van der Waals surface area contributed by atoms with E-state index in [1.54, 1.807) is 12.1 Å². The molecule has 3 aromatic rings. The number of halogens is 1. The number of anilines is 1. The molecule has 0 fully saturated rings. The molecule has 3 rings (SSSR count). The molecule has 3 nitrogen and oxygen atoms in total. The minimum Gasteiger partial charge on any atom is -0.370 e. The first-order valence-corrected chi connectivity index (χ1v) is 10.6. The van der Waals surface area contributed by atoms with E-state index in [2.05, 4.69) is 5.32 Å². The van der Waals surface area contributed by atoms with Crippen LogP contribution >= 0.6 is 19.0 Å². The molecule has 2 atom stereocenters. The summed E-state index contributed by atoms with van der Waals surface area (Å²) in [5, 5.41) is 4.37.